The molecule has 1 fully saturated rings. The topological polar surface area (TPSA) is 73.8 Å². The van der Waals surface area contributed by atoms with Crippen molar-refractivity contribution in [1.29, 1.82) is 0 Å². The van der Waals surface area contributed by atoms with Gasteiger partial charge in [0.1, 0.15) is 32.4 Å². The van der Waals surface area contributed by atoms with Gasteiger partial charge in [0.25, 0.3) is 0 Å². The van der Waals surface area contributed by atoms with Gasteiger partial charge in [-0.1, -0.05) is 41.5 Å². The number of hydrogen-bond donors (Lipinski definition) is 0. The minimum Gasteiger partial charge on any atom is -0.382 e. The number of quaternary nitrogens is 3. The van der Waals surface area contributed by atoms with Gasteiger partial charge in [0.2, 0.25) is 0 Å². The summed E-state index contributed by atoms with van der Waals surface area (Å²) in [6.07, 6.45) is 2.76. The Kier molecular flexibility index (Phi) is 47.3. The van der Waals surface area contributed by atoms with Crippen molar-refractivity contribution in [2.24, 2.45) is 0 Å². The van der Waals surface area contributed by atoms with Crippen LogP contribution >= 0.6 is 27.1 Å². The van der Waals surface area contributed by atoms with Crippen molar-refractivity contribution < 1.29 is 50.1 Å². The second-order valence-electron chi connectivity index (χ2n) is 11.7. The Morgan fingerprint density at radius 1 is 0.636 bits per heavy atom. The smallest absolute Gasteiger partial charge is 0.155 e. The highest BCUT2D eigenvalue weighted by atomic mass is 31.1. The van der Waals surface area contributed by atoms with Gasteiger partial charge in [-0.3, -0.25) is 0 Å². The summed E-state index contributed by atoms with van der Waals surface area (Å²) in [4.78, 5) is 0. The highest BCUT2D eigenvalue weighted by molar-refractivity contribution is 7.26. The van der Waals surface area contributed by atoms with Crippen molar-refractivity contribution in [2.75, 3.05) is 137 Å². The maximum atomic E-state index is 5.52. The van der Waals surface area contributed by atoms with E-state index in [-0.39, 0.29) is 33.2 Å². The van der Waals surface area contributed by atoms with Gasteiger partial charge in [-0.25, -0.2) is 0 Å². The van der Waals surface area contributed by atoms with Gasteiger partial charge in [-0.15, -0.1) is 0 Å². The average Bonchev–Trinajstić information content (AvgIpc) is 2.99. The Labute approximate surface area is 280 Å². The second-order valence-corrected chi connectivity index (χ2v) is 14.1. The first kappa shape index (κ1) is 54.3. The molecule has 0 aromatic rings. The molecule has 0 bridgehead atoms. The summed E-state index contributed by atoms with van der Waals surface area (Å²) in [7, 11) is 24.5. The van der Waals surface area contributed by atoms with Crippen molar-refractivity contribution >= 4 is 27.1 Å². The fraction of sp³-hybridized carbons (Fsp3) is 1.00. The van der Waals surface area contributed by atoms with Gasteiger partial charge >= 0.3 is 0 Å². The monoisotopic (exact) mass is 703 g/mol. The molecule has 1 rings (SSSR count). The molecule has 0 aliphatic carbocycles. The molecule has 11 nitrogen and oxygen atoms in total. The van der Waals surface area contributed by atoms with Gasteiger partial charge in [0.15, 0.2) is 27.1 Å². The zero-order chi connectivity index (χ0) is 35.5. The number of ether oxygens (including phenoxy) is 2. The van der Waals surface area contributed by atoms with Gasteiger partial charge in [-0.05, 0) is 0 Å². The minimum absolute atomic E-state index is 0.0144. The molecule has 274 valence electrons. The molecular weight excluding hydrogens is 623 g/mol. The fourth-order valence-electron chi connectivity index (χ4n) is 2.80. The molecule has 14 heteroatoms. The average molecular weight is 703 g/mol. The first-order valence-electron chi connectivity index (χ1n) is 16.0. The third-order valence-electron chi connectivity index (χ3n) is 5.35. The molecule has 44 heavy (non-hydrogen) atoms. The van der Waals surface area contributed by atoms with Crippen LogP contribution in [-0.4, -0.2) is 163 Å². The van der Waals surface area contributed by atoms with Crippen molar-refractivity contribution in [1.82, 2.24) is 0 Å². The van der Waals surface area contributed by atoms with Crippen LogP contribution in [-0.2, 0) is 36.6 Å². The number of likely N-dealkylation sites (tertiary alicyclic amines) is 1. The summed E-state index contributed by atoms with van der Waals surface area (Å²) in [5, 5.41) is 0. The van der Waals surface area contributed by atoms with E-state index in [4.69, 9.17) is 36.6 Å². The van der Waals surface area contributed by atoms with E-state index >= 15 is 0 Å². The summed E-state index contributed by atoms with van der Waals surface area (Å²) < 4.78 is 44.1. The first-order valence-corrected chi connectivity index (χ1v) is 18.4. The molecule has 0 radical (unpaired) electrons. The summed E-state index contributed by atoms with van der Waals surface area (Å²) in [6.45, 7) is 19.0. The SMILES string of the molecule is CC.CC.CC.COCC(COPOCC[N+](C)(C)C)OC.COPOC1CC[N+](C)(C)CC1.COPOCC[N+](C)(C)C. The second kappa shape index (κ2) is 38.3. The normalized spacial score (nSPS) is 15.7. The van der Waals surface area contributed by atoms with E-state index in [1.165, 1.54) is 25.9 Å². The summed E-state index contributed by atoms with van der Waals surface area (Å²) in [6, 6.07) is 0. The van der Waals surface area contributed by atoms with E-state index in [9.17, 15) is 0 Å². The molecule has 0 N–H and O–H groups in total. The molecule has 1 saturated heterocycles. The quantitative estimate of drug-likeness (QED) is 0.0946. The number of rotatable bonds is 18. The van der Waals surface area contributed by atoms with E-state index in [2.05, 4.69) is 56.4 Å². The van der Waals surface area contributed by atoms with Crippen LogP contribution in [0.3, 0.4) is 0 Å². The Bertz CT molecular complexity index is 521. The highest BCUT2D eigenvalue weighted by Crippen LogP contribution is 2.24. The van der Waals surface area contributed by atoms with Crippen molar-refractivity contribution in [3.63, 3.8) is 0 Å². The van der Waals surface area contributed by atoms with E-state index in [1.807, 2.05) is 41.5 Å². The Morgan fingerprint density at radius 3 is 1.43 bits per heavy atom. The van der Waals surface area contributed by atoms with Crippen LogP contribution in [0, 0.1) is 0 Å². The third kappa shape index (κ3) is 49.7. The highest BCUT2D eigenvalue weighted by Gasteiger charge is 2.26. The number of methoxy groups -OCH3 is 2. The van der Waals surface area contributed by atoms with Gasteiger partial charge in [-0.2, -0.15) is 0 Å². The van der Waals surface area contributed by atoms with E-state index in [0.29, 0.717) is 25.9 Å². The zero-order valence-electron chi connectivity index (χ0n) is 32.3. The third-order valence-corrected chi connectivity index (χ3v) is 7.05. The molecule has 1 aliphatic rings. The largest absolute Gasteiger partial charge is 0.382 e. The van der Waals surface area contributed by atoms with E-state index < -0.39 is 0 Å². The number of likely N-dealkylation sites (N-methyl/N-ethyl adjacent to an activating group) is 2. The Balaban J connectivity index is -0.000000162. The van der Waals surface area contributed by atoms with Crippen LogP contribution in [0.2, 0.25) is 0 Å². The summed E-state index contributed by atoms with van der Waals surface area (Å²) in [5.74, 6) is 0. The van der Waals surface area contributed by atoms with Crippen LogP contribution in [0.25, 0.3) is 0 Å². The molecule has 0 aromatic carbocycles. The minimum atomic E-state index is -0.0144. The number of nitrogens with zero attached hydrogens (tertiary/aromatic N) is 3. The fourth-order valence-corrected chi connectivity index (χ4v) is 4.07. The molecule has 0 spiro atoms. The molecule has 4 unspecified atom stereocenters. The van der Waals surface area contributed by atoms with Crippen LogP contribution < -0.4 is 0 Å². The molecule has 4 atom stereocenters. The maximum Gasteiger partial charge on any atom is 0.155 e. The van der Waals surface area contributed by atoms with Crippen LogP contribution in [0.5, 0.6) is 0 Å². The van der Waals surface area contributed by atoms with E-state index in [0.717, 1.165) is 33.1 Å². The van der Waals surface area contributed by atoms with Gasteiger partial charge in [0.05, 0.1) is 88.8 Å². The molecule has 1 heterocycles. The predicted molar refractivity (Wildman–Crippen MR) is 195 cm³/mol. The molecule has 1 aliphatic heterocycles. The standard InChI is InChI=1S/C10H25NO4P.C8H19NO2P.C6H17NO2P.3C2H6/c1-11(2,3)6-7-14-16-15-9-10(13-5)8-12-4;1-9(2)6-4-8(5-7-9)11-12-10-3;1-7(2,3)5-6-9-10-8-4;3*1-2/h10,16H,6-9H2,1-5H3;8,12H,4-7H2,1-3H3;10H,5-6H2,1-4H3;3*1-2H3/q3*+1;;;. The van der Waals surface area contributed by atoms with Gasteiger partial charge < -0.3 is 50.1 Å². The summed E-state index contributed by atoms with van der Waals surface area (Å²) in [5.41, 5.74) is 0. The van der Waals surface area contributed by atoms with Crippen LogP contribution in [0.15, 0.2) is 0 Å². The summed E-state index contributed by atoms with van der Waals surface area (Å²) >= 11 is 0. The Hall–Kier alpha value is 0.850. The predicted octanol–water partition coefficient (Wildman–Crippen LogP) is 6.24. The maximum absolute atomic E-state index is 5.52. The zero-order valence-corrected chi connectivity index (χ0v) is 35.3. The lowest BCUT2D eigenvalue weighted by Crippen LogP contribution is -2.47. The van der Waals surface area contributed by atoms with Crippen molar-refractivity contribution in [3.8, 4) is 0 Å². The number of piperidine rings is 1. The molecule has 0 aromatic heterocycles. The van der Waals surface area contributed by atoms with Crippen LogP contribution in [0.4, 0.5) is 0 Å². The van der Waals surface area contributed by atoms with Crippen molar-refractivity contribution in [2.45, 2.75) is 66.6 Å². The number of hydrogen-bond acceptors (Lipinski definition) is 8. The lowest BCUT2D eigenvalue weighted by atomic mass is 10.1. The van der Waals surface area contributed by atoms with Crippen LogP contribution in [0.1, 0.15) is 54.4 Å². The lowest BCUT2D eigenvalue weighted by Gasteiger charge is -2.36. The molecular formula is C30H79N3O8P3+3. The Morgan fingerprint density at radius 2 is 1.07 bits per heavy atom. The lowest BCUT2D eigenvalue weighted by molar-refractivity contribution is -0.896. The van der Waals surface area contributed by atoms with Crippen molar-refractivity contribution in [3.05, 3.63) is 0 Å². The molecule has 0 amide bonds. The van der Waals surface area contributed by atoms with Gasteiger partial charge in [0, 0.05) is 41.3 Å². The first-order chi connectivity index (χ1) is 20.7. The van der Waals surface area contributed by atoms with E-state index in [1.54, 1.807) is 28.4 Å². The molecule has 0 saturated carbocycles.